The Morgan fingerprint density at radius 3 is 2.57 bits per heavy atom. The summed E-state index contributed by atoms with van der Waals surface area (Å²) in [7, 11) is 3.24. The van der Waals surface area contributed by atoms with Gasteiger partial charge in [-0.3, -0.25) is 14.4 Å². The molecule has 4 aliphatic rings. The third-order valence-electron chi connectivity index (χ3n) is 10.1. The summed E-state index contributed by atoms with van der Waals surface area (Å²) in [5, 5.41) is 4.01. The van der Waals surface area contributed by atoms with E-state index in [-0.39, 0.29) is 47.7 Å². The Balaban J connectivity index is 1.28. The van der Waals surface area contributed by atoms with Crippen molar-refractivity contribution in [3.8, 4) is 6.01 Å². The molecule has 49 heavy (non-hydrogen) atoms. The van der Waals surface area contributed by atoms with E-state index in [1.54, 1.807) is 18.8 Å². The van der Waals surface area contributed by atoms with Crippen LogP contribution in [0, 0.1) is 5.82 Å². The Kier molecular flexibility index (Phi) is 8.85. The molecule has 1 atom stereocenters. The lowest BCUT2D eigenvalue weighted by Gasteiger charge is -2.33. The van der Waals surface area contributed by atoms with E-state index < -0.39 is 39.9 Å². The number of aromatic nitrogens is 4. The van der Waals surface area contributed by atoms with Crippen molar-refractivity contribution in [3.63, 3.8) is 0 Å². The van der Waals surface area contributed by atoms with Crippen LogP contribution in [0.1, 0.15) is 76.8 Å². The SMILES string of the molecule is CN(C)C(=O)c1nn2c(c1Cl)CN(c1nc(OCC34CCCN3CCC4)nc3c1COC(c1c(F)c(N)cc(Cl)c1C(F)(F)F)C3)CCC2. The largest absolute Gasteiger partial charge is 0.461 e. The van der Waals surface area contributed by atoms with E-state index in [2.05, 4.69) is 10.00 Å². The fourth-order valence-electron chi connectivity index (χ4n) is 7.67. The molecule has 3 aromatic rings. The number of carbonyl (C=O) groups excluding carboxylic acids is 1. The molecule has 0 bridgehead atoms. The van der Waals surface area contributed by atoms with Crippen molar-refractivity contribution in [1.82, 2.24) is 29.5 Å². The van der Waals surface area contributed by atoms with Crippen molar-refractivity contribution in [2.45, 2.75) is 76.0 Å². The quantitative estimate of drug-likeness (QED) is 0.254. The van der Waals surface area contributed by atoms with E-state index in [9.17, 15) is 18.0 Å². The minimum absolute atomic E-state index is 0.0666. The van der Waals surface area contributed by atoms with Crippen LogP contribution in [-0.2, 0) is 37.0 Å². The number of nitrogens with two attached hydrogens (primary N) is 1. The molecule has 11 nitrogen and oxygen atoms in total. The van der Waals surface area contributed by atoms with Gasteiger partial charge in [-0.25, -0.2) is 4.39 Å². The van der Waals surface area contributed by atoms with Gasteiger partial charge < -0.3 is 25.0 Å². The van der Waals surface area contributed by atoms with Gasteiger partial charge in [-0.15, -0.1) is 0 Å². The molecular formula is C32H36Cl2F4N8O3. The molecule has 4 aliphatic heterocycles. The Morgan fingerprint density at radius 2 is 1.88 bits per heavy atom. The molecule has 17 heteroatoms. The Hall–Kier alpha value is -3.40. The zero-order valence-corrected chi connectivity index (χ0v) is 28.6. The summed E-state index contributed by atoms with van der Waals surface area (Å²) in [6.07, 6.45) is -1.85. The van der Waals surface area contributed by atoms with Gasteiger partial charge in [0.1, 0.15) is 12.4 Å². The normalized spacial score (nSPS) is 20.5. The van der Waals surface area contributed by atoms with Gasteiger partial charge in [0.2, 0.25) is 0 Å². The van der Waals surface area contributed by atoms with Crippen LogP contribution in [-0.4, -0.2) is 81.3 Å². The Bertz CT molecular complexity index is 1790. The van der Waals surface area contributed by atoms with Crippen LogP contribution < -0.4 is 15.4 Å². The molecule has 2 fully saturated rings. The number of nitrogens with zero attached hydrogens (tertiary/aromatic N) is 7. The zero-order chi connectivity index (χ0) is 34.8. The maximum absolute atomic E-state index is 15.5. The van der Waals surface area contributed by atoms with Gasteiger partial charge in [0.25, 0.3) is 5.91 Å². The summed E-state index contributed by atoms with van der Waals surface area (Å²) < 4.78 is 72.2. The fourth-order valence-corrected chi connectivity index (χ4v) is 8.27. The molecular weight excluding hydrogens is 691 g/mol. The molecule has 0 saturated carbocycles. The first-order valence-corrected chi connectivity index (χ1v) is 17.0. The van der Waals surface area contributed by atoms with E-state index in [1.807, 2.05) is 4.90 Å². The number of fused-ring (bicyclic) bond motifs is 3. The highest BCUT2D eigenvalue weighted by Gasteiger charge is 2.46. The molecule has 2 aromatic heterocycles. The molecule has 0 spiro atoms. The van der Waals surface area contributed by atoms with Crippen molar-refractivity contribution in [2.75, 3.05) is 51.0 Å². The van der Waals surface area contributed by atoms with Gasteiger partial charge in [0.15, 0.2) is 11.5 Å². The van der Waals surface area contributed by atoms with E-state index in [1.165, 1.54) is 4.90 Å². The number of benzene rings is 1. The Morgan fingerprint density at radius 1 is 1.14 bits per heavy atom. The number of halogens is 6. The second kappa shape index (κ2) is 12.7. The van der Waals surface area contributed by atoms with E-state index in [0.29, 0.717) is 48.9 Å². The zero-order valence-electron chi connectivity index (χ0n) is 27.0. The first kappa shape index (κ1) is 34.1. The minimum Gasteiger partial charge on any atom is -0.461 e. The lowest BCUT2D eigenvalue weighted by atomic mass is 9.93. The number of amides is 1. The second-order valence-corrected chi connectivity index (χ2v) is 14.1. The third-order valence-corrected chi connectivity index (χ3v) is 10.8. The van der Waals surface area contributed by atoms with Crippen LogP contribution in [0.3, 0.4) is 0 Å². The number of hydrogen-bond donors (Lipinski definition) is 1. The monoisotopic (exact) mass is 726 g/mol. The first-order valence-electron chi connectivity index (χ1n) is 16.2. The van der Waals surface area contributed by atoms with Crippen LogP contribution in [0.25, 0.3) is 0 Å². The maximum Gasteiger partial charge on any atom is 0.418 e. The first-order chi connectivity index (χ1) is 23.3. The fraction of sp³-hybridized carbons (Fsp3) is 0.562. The van der Waals surface area contributed by atoms with Crippen LogP contribution in [0.2, 0.25) is 10.0 Å². The minimum atomic E-state index is -4.97. The predicted octanol–water partition coefficient (Wildman–Crippen LogP) is 5.65. The van der Waals surface area contributed by atoms with Crippen molar-refractivity contribution in [1.29, 1.82) is 0 Å². The Labute approximate surface area is 290 Å². The molecule has 6 heterocycles. The lowest BCUT2D eigenvalue weighted by molar-refractivity contribution is -0.140. The van der Waals surface area contributed by atoms with Crippen LogP contribution in [0.4, 0.5) is 29.1 Å². The maximum atomic E-state index is 15.5. The number of hydrogen-bond acceptors (Lipinski definition) is 9. The summed E-state index contributed by atoms with van der Waals surface area (Å²) in [4.78, 5) is 28.1. The van der Waals surface area contributed by atoms with Crippen molar-refractivity contribution >= 4 is 40.6 Å². The second-order valence-electron chi connectivity index (χ2n) is 13.3. The van der Waals surface area contributed by atoms with Gasteiger partial charge in [0, 0.05) is 44.7 Å². The highest BCUT2D eigenvalue weighted by atomic mass is 35.5. The number of aryl methyl sites for hydroxylation is 1. The third kappa shape index (κ3) is 6.06. The smallest absolute Gasteiger partial charge is 0.418 e. The molecule has 0 aliphatic carbocycles. The molecule has 7 rings (SSSR count). The van der Waals surface area contributed by atoms with Crippen molar-refractivity contribution in [3.05, 3.63) is 55.7 Å². The van der Waals surface area contributed by atoms with Crippen LogP contribution in [0.15, 0.2) is 6.07 Å². The highest BCUT2D eigenvalue weighted by Crippen LogP contribution is 2.46. The number of carbonyl (C=O) groups is 1. The number of nitrogen functional groups attached to an aromatic ring is 1. The average Bonchev–Trinajstić information content (AvgIpc) is 3.67. The standard InChI is InChI=1S/C32H36Cl2F4N8O3/c1-43(2)29(47)27-25(34)21-14-44(8-5-11-46(21)42-27)28-17-15-48-22(23-24(32(36,37)38)18(33)12-19(39)26(23)35)13-20(17)40-30(41-28)49-16-31-6-3-9-45(31)10-4-7-31/h12,22H,3-11,13-16,39H2,1-2H3. The summed E-state index contributed by atoms with van der Waals surface area (Å²) >= 11 is 12.7. The van der Waals surface area contributed by atoms with Crippen molar-refractivity contribution < 1.29 is 31.8 Å². The van der Waals surface area contributed by atoms with Gasteiger partial charge in [-0.1, -0.05) is 23.2 Å². The summed E-state index contributed by atoms with van der Waals surface area (Å²) in [6.45, 7) is 3.37. The van der Waals surface area contributed by atoms with Gasteiger partial charge in [-0.2, -0.15) is 28.2 Å². The number of ether oxygens (including phenoxy) is 2. The van der Waals surface area contributed by atoms with Gasteiger partial charge in [-0.05, 0) is 51.3 Å². The lowest BCUT2D eigenvalue weighted by Crippen LogP contribution is -2.43. The summed E-state index contributed by atoms with van der Waals surface area (Å²) in [6, 6.07) is 0.824. The molecule has 1 amide bonds. The van der Waals surface area contributed by atoms with Gasteiger partial charge in [0.05, 0.1) is 57.5 Å². The van der Waals surface area contributed by atoms with Gasteiger partial charge >= 0.3 is 12.2 Å². The topological polar surface area (TPSA) is 115 Å². The molecule has 1 aromatic carbocycles. The number of rotatable bonds is 6. The van der Waals surface area contributed by atoms with E-state index in [0.717, 1.165) is 44.8 Å². The molecule has 2 N–H and O–H groups in total. The van der Waals surface area contributed by atoms with Crippen LogP contribution >= 0.6 is 23.2 Å². The van der Waals surface area contributed by atoms with Crippen molar-refractivity contribution in [2.24, 2.45) is 0 Å². The number of anilines is 2. The average molecular weight is 728 g/mol. The summed E-state index contributed by atoms with van der Waals surface area (Å²) in [5.74, 6) is -1.11. The van der Waals surface area contributed by atoms with Crippen LogP contribution in [0.5, 0.6) is 6.01 Å². The summed E-state index contributed by atoms with van der Waals surface area (Å²) in [5.41, 5.74) is 4.67. The molecule has 264 valence electrons. The molecule has 0 radical (unpaired) electrons. The van der Waals surface area contributed by atoms with E-state index in [4.69, 9.17) is 48.4 Å². The van der Waals surface area contributed by atoms with E-state index >= 15 is 4.39 Å². The highest BCUT2D eigenvalue weighted by molar-refractivity contribution is 6.34. The molecule has 2 saturated heterocycles. The number of alkyl halides is 3. The predicted molar refractivity (Wildman–Crippen MR) is 173 cm³/mol. The molecule has 1 unspecified atom stereocenters.